The van der Waals surface area contributed by atoms with Crippen LogP contribution < -0.4 is 10.6 Å². The molecule has 0 bridgehead atoms. The van der Waals surface area contributed by atoms with E-state index in [0.29, 0.717) is 37.5 Å². The zero-order chi connectivity index (χ0) is 67.9. The summed E-state index contributed by atoms with van der Waals surface area (Å²) in [6, 6.07) is 0. The Hall–Kier alpha value is -3.76. The summed E-state index contributed by atoms with van der Waals surface area (Å²) in [6.07, 6.45) is 86.3. The van der Waals surface area contributed by atoms with Gasteiger partial charge in [0.05, 0.1) is 0 Å². The van der Waals surface area contributed by atoms with Gasteiger partial charge in [-0.15, -0.1) is 0 Å². The lowest BCUT2D eigenvalue weighted by Gasteiger charge is -2.39. The molecule has 1 aliphatic carbocycles. The highest BCUT2D eigenvalue weighted by Gasteiger charge is 2.33. The Balaban J connectivity index is 0. The number of nitrogens with one attached hydrogen (secondary N) is 2. The Morgan fingerprint density at radius 3 is 1.04 bits per heavy atom. The van der Waals surface area contributed by atoms with Crippen LogP contribution in [0.15, 0.2) is 72.9 Å². The van der Waals surface area contributed by atoms with Crippen LogP contribution in [0.25, 0.3) is 0 Å². The molecule has 4 unspecified atom stereocenters. The van der Waals surface area contributed by atoms with Crippen LogP contribution in [0.4, 0.5) is 0 Å². The molecular weight excluding hydrogens is 1140 g/mol. The van der Waals surface area contributed by atoms with Crippen molar-refractivity contribution in [1.82, 2.24) is 20.4 Å². The van der Waals surface area contributed by atoms with Gasteiger partial charge in [-0.2, -0.15) is 0 Å². The van der Waals surface area contributed by atoms with Crippen LogP contribution in [0, 0.1) is 23.7 Å². The smallest absolute Gasteiger partial charge is 0.303 e. The molecule has 0 saturated heterocycles. The molecule has 4 N–H and O–H groups in total. The minimum absolute atomic E-state index is 0.217. The van der Waals surface area contributed by atoms with E-state index in [-0.39, 0.29) is 11.8 Å². The molecule has 10 heteroatoms. The van der Waals surface area contributed by atoms with Gasteiger partial charge in [-0.25, -0.2) is 0 Å². The van der Waals surface area contributed by atoms with Gasteiger partial charge in [0.25, 0.3) is 0 Å². The van der Waals surface area contributed by atoms with Crippen molar-refractivity contribution in [2.75, 3.05) is 54.4 Å². The van der Waals surface area contributed by atoms with E-state index in [1.165, 1.54) is 212 Å². The van der Waals surface area contributed by atoms with Crippen molar-refractivity contribution in [2.24, 2.45) is 23.7 Å². The number of hydrogen-bond donors (Lipinski definition) is 4. The lowest BCUT2D eigenvalue weighted by molar-refractivity contribution is -0.138. The summed E-state index contributed by atoms with van der Waals surface area (Å²) in [5, 5.41) is 23.7. The van der Waals surface area contributed by atoms with E-state index in [2.05, 4.69) is 149 Å². The van der Waals surface area contributed by atoms with E-state index in [0.717, 1.165) is 121 Å². The van der Waals surface area contributed by atoms with Crippen LogP contribution in [0.5, 0.6) is 0 Å². The quantitative estimate of drug-likeness (QED) is 0.0349. The average Bonchev–Trinajstić information content (AvgIpc) is 0.856. The predicted octanol–water partition coefficient (Wildman–Crippen LogP) is 22.9. The molecule has 0 aliphatic heterocycles. The molecule has 0 aromatic carbocycles. The number of carbonyl (C=O) groups is 4. The molecule has 536 valence electrons. The molecule has 2 amide bonds. The summed E-state index contributed by atoms with van der Waals surface area (Å²) in [4.78, 5) is 49.1. The third-order valence-electron chi connectivity index (χ3n) is 17.9. The largest absolute Gasteiger partial charge is 0.481 e. The van der Waals surface area contributed by atoms with Crippen molar-refractivity contribution < 1.29 is 29.4 Å². The number of allylic oxidation sites excluding steroid dienone is 12. The molecular formula is C82H152N4O6. The lowest BCUT2D eigenvalue weighted by atomic mass is 9.66. The van der Waals surface area contributed by atoms with Gasteiger partial charge in [0.2, 0.25) is 11.8 Å². The number of carboxylic acid groups (broad SMARTS) is 2. The fourth-order valence-electron chi connectivity index (χ4n) is 12.2. The lowest BCUT2D eigenvalue weighted by Crippen LogP contribution is -2.30. The number of rotatable bonds is 63. The van der Waals surface area contributed by atoms with Gasteiger partial charge in [-0.3, -0.25) is 19.2 Å². The van der Waals surface area contributed by atoms with Crippen molar-refractivity contribution in [1.29, 1.82) is 0 Å². The van der Waals surface area contributed by atoms with Crippen molar-refractivity contribution >= 4 is 23.8 Å². The molecule has 0 spiro atoms. The second-order valence-electron chi connectivity index (χ2n) is 27.5. The van der Waals surface area contributed by atoms with Gasteiger partial charge >= 0.3 is 11.9 Å². The zero-order valence-corrected chi connectivity index (χ0v) is 61.8. The maximum Gasteiger partial charge on any atom is 0.303 e. The van der Waals surface area contributed by atoms with Crippen molar-refractivity contribution in [3.8, 4) is 0 Å². The molecule has 0 aromatic rings. The van der Waals surface area contributed by atoms with E-state index in [1.807, 2.05) is 0 Å². The van der Waals surface area contributed by atoms with Crippen molar-refractivity contribution in [2.45, 2.75) is 349 Å². The number of nitrogens with zero attached hydrogens (tertiary/aromatic N) is 2. The summed E-state index contributed by atoms with van der Waals surface area (Å²) in [5.41, 5.74) is 0. The first-order valence-corrected chi connectivity index (χ1v) is 39.0. The Bertz CT molecular complexity index is 1730. The van der Waals surface area contributed by atoms with Crippen LogP contribution >= 0.6 is 0 Å². The van der Waals surface area contributed by atoms with E-state index in [9.17, 15) is 19.2 Å². The Kier molecular flexibility index (Phi) is 71.7. The molecule has 1 aliphatic rings. The first-order valence-electron chi connectivity index (χ1n) is 39.0. The first-order chi connectivity index (χ1) is 44.8. The minimum Gasteiger partial charge on any atom is -0.481 e. The van der Waals surface area contributed by atoms with Gasteiger partial charge < -0.3 is 30.6 Å². The fraction of sp³-hybridized carbons (Fsp3) is 0.805. The monoisotopic (exact) mass is 1290 g/mol. The van der Waals surface area contributed by atoms with Crippen LogP contribution in [-0.4, -0.2) is 98.1 Å². The fourth-order valence-corrected chi connectivity index (χ4v) is 12.2. The summed E-state index contributed by atoms with van der Waals surface area (Å²) < 4.78 is 0. The van der Waals surface area contributed by atoms with Gasteiger partial charge in [-0.1, -0.05) is 261 Å². The number of carbonyl (C=O) groups excluding carboxylic acids is 2. The third kappa shape index (κ3) is 69.1. The number of hydrogen-bond acceptors (Lipinski definition) is 6. The van der Waals surface area contributed by atoms with E-state index < -0.39 is 11.9 Å². The number of unbranched alkanes of at least 4 members (excludes halogenated alkanes) is 31. The van der Waals surface area contributed by atoms with Crippen LogP contribution in [0.1, 0.15) is 349 Å². The van der Waals surface area contributed by atoms with Gasteiger partial charge in [0.1, 0.15) is 0 Å². The third-order valence-corrected chi connectivity index (χ3v) is 17.9. The minimum atomic E-state index is -0.676. The van der Waals surface area contributed by atoms with Crippen molar-refractivity contribution in [3.05, 3.63) is 72.9 Å². The van der Waals surface area contributed by atoms with E-state index in [1.54, 1.807) is 0 Å². The molecule has 92 heavy (non-hydrogen) atoms. The van der Waals surface area contributed by atoms with E-state index in [4.69, 9.17) is 10.2 Å². The van der Waals surface area contributed by atoms with Crippen LogP contribution in [0.2, 0.25) is 0 Å². The zero-order valence-electron chi connectivity index (χ0n) is 61.8. The normalized spacial score (nSPS) is 15.8. The molecule has 0 radical (unpaired) electrons. The summed E-state index contributed by atoms with van der Waals surface area (Å²) in [6.45, 7) is 12.8. The summed E-state index contributed by atoms with van der Waals surface area (Å²) in [5.74, 6) is 1.84. The summed E-state index contributed by atoms with van der Waals surface area (Å²) >= 11 is 0. The SMILES string of the molecule is CCCCCC=CCC=CCCCCCCCC(=O)NCCCN(C)C.CCCCCC=CCC=CCCCCCCCC(=O)NCCCN(C)C.CCCCCCC1C=CC(CCCCCCCC(=O)O)C(C=CCCCCCCCC(=O)O)C1CCCCCC. The molecule has 1 rings (SSSR count). The van der Waals surface area contributed by atoms with Crippen LogP contribution in [0.3, 0.4) is 0 Å². The Morgan fingerprint density at radius 1 is 0.348 bits per heavy atom. The van der Waals surface area contributed by atoms with Gasteiger partial charge in [-0.05, 0) is 200 Å². The summed E-state index contributed by atoms with van der Waals surface area (Å²) in [7, 11) is 8.24. The Morgan fingerprint density at radius 2 is 0.652 bits per heavy atom. The van der Waals surface area contributed by atoms with Crippen LogP contribution in [-0.2, 0) is 19.2 Å². The van der Waals surface area contributed by atoms with Gasteiger partial charge in [0.15, 0.2) is 0 Å². The average molecular weight is 1290 g/mol. The number of amides is 2. The number of aliphatic carboxylic acids is 2. The highest BCUT2D eigenvalue weighted by atomic mass is 16.4. The maximum atomic E-state index is 11.7. The highest BCUT2D eigenvalue weighted by Crippen LogP contribution is 2.43. The van der Waals surface area contributed by atoms with E-state index >= 15 is 0 Å². The highest BCUT2D eigenvalue weighted by molar-refractivity contribution is 5.76. The Labute approximate surface area is 570 Å². The second kappa shape index (κ2) is 73.1. The molecule has 10 nitrogen and oxygen atoms in total. The van der Waals surface area contributed by atoms with Crippen molar-refractivity contribution in [3.63, 3.8) is 0 Å². The number of carboxylic acids is 2. The first kappa shape index (κ1) is 90.3. The molecule has 4 atom stereocenters. The topological polar surface area (TPSA) is 139 Å². The molecule has 0 heterocycles. The predicted molar refractivity (Wildman–Crippen MR) is 401 cm³/mol. The molecule has 0 fully saturated rings. The maximum absolute atomic E-state index is 11.7. The molecule has 0 aromatic heterocycles. The second-order valence-corrected chi connectivity index (χ2v) is 27.5. The standard InChI is InChI=1S/C36H64O4.2C23H44N2O/c1-3-5-7-17-23-31-29-30-32(24-18-13-12-16-22-28-36(39)40)34(33(31)25-19-8-6-4-2)26-20-14-10-9-11-15-21-27-35(37)38;2*1-4-5-6-7-8-9-10-11-12-13-14-15-16-17-18-20-23(26)24-21-19-22-25(2)3/h20,26,29-34H,3-19,21-25,27-28H2,1-2H3,(H,37,38)(H,39,40);2*8-9,11-12H,4-7,10,13-22H2,1-3H3,(H,24,26). The molecule has 0 saturated carbocycles. The van der Waals surface area contributed by atoms with Gasteiger partial charge in [0, 0.05) is 38.8 Å².